The van der Waals surface area contributed by atoms with Crippen molar-refractivity contribution >= 4 is 5.91 Å². The highest BCUT2D eigenvalue weighted by Crippen LogP contribution is 2.28. The molecule has 0 spiro atoms. The van der Waals surface area contributed by atoms with Crippen molar-refractivity contribution < 1.29 is 4.79 Å². The van der Waals surface area contributed by atoms with Crippen LogP contribution in [0.15, 0.2) is 54.7 Å². The molecule has 1 atom stereocenters. The Labute approximate surface area is 149 Å². The first kappa shape index (κ1) is 16.3. The Morgan fingerprint density at radius 2 is 1.80 bits per heavy atom. The molecule has 130 valence electrons. The van der Waals surface area contributed by atoms with Gasteiger partial charge in [-0.3, -0.25) is 14.7 Å². The molecule has 4 nitrogen and oxygen atoms in total. The lowest BCUT2D eigenvalue weighted by molar-refractivity contribution is -0.137. The van der Waals surface area contributed by atoms with Crippen molar-refractivity contribution in [2.24, 2.45) is 0 Å². The van der Waals surface area contributed by atoms with Crippen LogP contribution < -0.4 is 0 Å². The Kier molecular flexibility index (Phi) is 4.79. The van der Waals surface area contributed by atoms with Gasteiger partial charge in [0, 0.05) is 37.4 Å². The lowest BCUT2D eigenvalue weighted by atomic mass is 9.90. The zero-order valence-corrected chi connectivity index (χ0v) is 14.6. The minimum absolute atomic E-state index is 0.265. The summed E-state index contributed by atoms with van der Waals surface area (Å²) in [7, 11) is 0. The minimum Gasteiger partial charge on any atom is -0.340 e. The maximum Gasteiger partial charge on any atom is 0.236 e. The number of nitrogens with zero attached hydrogens (tertiary/aromatic N) is 3. The Bertz CT molecular complexity index is 698. The second kappa shape index (κ2) is 7.36. The Hall–Kier alpha value is -2.20. The highest BCUT2D eigenvalue weighted by molar-refractivity contribution is 5.79. The van der Waals surface area contributed by atoms with Crippen molar-refractivity contribution in [3.63, 3.8) is 0 Å². The molecule has 2 fully saturated rings. The number of amides is 1. The van der Waals surface area contributed by atoms with Crippen LogP contribution in [0.1, 0.15) is 35.9 Å². The van der Waals surface area contributed by atoms with E-state index in [1.807, 2.05) is 23.2 Å². The highest BCUT2D eigenvalue weighted by atomic mass is 16.2. The van der Waals surface area contributed by atoms with Gasteiger partial charge >= 0.3 is 0 Å². The molecule has 0 radical (unpaired) electrons. The molecule has 2 aromatic rings. The lowest BCUT2D eigenvalue weighted by Crippen LogP contribution is -2.52. The number of pyridine rings is 1. The normalized spacial score (nSPS) is 21.8. The van der Waals surface area contributed by atoms with Gasteiger partial charge in [0.2, 0.25) is 5.91 Å². The van der Waals surface area contributed by atoms with Crippen LogP contribution >= 0.6 is 0 Å². The van der Waals surface area contributed by atoms with E-state index in [9.17, 15) is 4.79 Å². The van der Waals surface area contributed by atoms with Crippen LogP contribution in [0.4, 0.5) is 0 Å². The molecule has 4 heteroatoms. The van der Waals surface area contributed by atoms with Gasteiger partial charge in [0.25, 0.3) is 0 Å². The van der Waals surface area contributed by atoms with Crippen molar-refractivity contribution in [1.29, 1.82) is 0 Å². The number of hydrogen-bond donors (Lipinski definition) is 0. The van der Waals surface area contributed by atoms with E-state index in [4.69, 9.17) is 0 Å². The number of rotatable bonds is 4. The number of hydrogen-bond acceptors (Lipinski definition) is 3. The SMILES string of the molecule is O=C(CN1CCC[C@@H](c2ccccc2)C1)N1CC(c2ccccn2)C1. The van der Waals surface area contributed by atoms with Gasteiger partial charge in [-0.15, -0.1) is 0 Å². The summed E-state index contributed by atoms with van der Waals surface area (Å²) in [6.07, 6.45) is 4.22. The highest BCUT2D eigenvalue weighted by Gasteiger charge is 2.33. The van der Waals surface area contributed by atoms with E-state index in [2.05, 4.69) is 46.3 Å². The summed E-state index contributed by atoms with van der Waals surface area (Å²) in [5.74, 6) is 1.23. The fourth-order valence-electron chi connectivity index (χ4n) is 3.97. The van der Waals surface area contributed by atoms with Gasteiger partial charge in [-0.25, -0.2) is 0 Å². The molecule has 25 heavy (non-hydrogen) atoms. The second-order valence-corrected chi connectivity index (χ2v) is 7.24. The summed E-state index contributed by atoms with van der Waals surface area (Å²) in [6.45, 7) is 4.20. The molecule has 0 unspecified atom stereocenters. The van der Waals surface area contributed by atoms with Gasteiger partial charge in [-0.05, 0) is 43.0 Å². The first-order chi connectivity index (χ1) is 12.3. The summed E-state index contributed by atoms with van der Waals surface area (Å²) >= 11 is 0. The molecule has 1 aromatic heterocycles. The smallest absolute Gasteiger partial charge is 0.236 e. The van der Waals surface area contributed by atoms with Gasteiger partial charge in [0.1, 0.15) is 0 Å². The van der Waals surface area contributed by atoms with Gasteiger partial charge < -0.3 is 4.90 Å². The fraction of sp³-hybridized carbons (Fsp3) is 0.429. The van der Waals surface area contributed by atoms with Crippen molar-refractivity contribution in [2.45, 2.75) is 24.7 Å². The molecule has 2 saturated heterocycles. The number of carbonyl (C=O) groups is 1. The summed E-state index contributed by atoms with van der Waals surface area (Å²) in [6, 6.07) is 16.7. The maximum atomic E-state index is 12.6. The average Bonchev–Trinajstić information content (AvgIpc) is 2.62. The first-order valence-corrected chi connectivity index (χ1v) is 9.25. The van der Waals surface area contributed by atoms with Crippen molar-refractivity contribution in [3.8, 4) is 0 Å². The molecule has 0 N–H and O–H groups in total. The van der Waals surface area contributed by atoms with Gasteiger partial charge in [-0.1, -0.05) is 36.4 Å². The monoisotopic (exact) mass is 335 g/mol. The number of piperidine rings is 1. The Balaban J connectivity index is 1.28. The minimum atomic E-state index is 0.265. The van der Waals surface area contributed by atoms with E-state index in [-0.39, 0.29) is 5.91 Å². The van der Waals surface area contributed by atoms with E-state index in [1.165, 1.54) is 18.4 Å². The van der Waals surface area contributed by atoms with Crippen LogP contribution in [0.2, 0.25) is 0 Å². The second-order valence-electron chi connectivity index (χ2n) is 7.24. The van der Waals surface area contributed by atoms with E-state index in [1.54, 1.807) is 0 Å². The van der Waals surface area contributed by atoms with Gasteiger partial charge in [0.05, 0.1) is 6.54 Å². The predicted molar refractivity (Wildman–Crippen MR) is 98.4 cm³/mol. The van der Waals surface area contributed by atoms with Crippen molar-refractivity contribution in [3.05, 3.63) is 66.0 Å². The third-order valence-corrected chi connectivity index (χ3v) is 5.48. The molecule has 0 aliphatic carbocycles. The molecule has 3 heterocycles. The third-order valence-electron chi connectivity index (χ3n) is 5.48. The lowest BCUT2D eigenvalue weighted by Gasteiger charge is -2.41. The van der Waals surface area contributed by atoms with E-state index < -0.39 is 0 Å². The van der Waals surface area contributed by atoms with Crippen LogP contribution in [0, 0.1) is 0 Å². The number of aromatic nitrogens is 1. The van der Waals surface area contributed by atoms with Crippen LogP contribution in [0.25, 0.3) is 0 Å². The fourth-order valence-corrected chi connectivity index (χ4v) is 3.97. The summed E-state index contributed by atoms with van der Waals surface area (Å²) in [5.41, 5.74) is 2.51. The number of likely N-dealkylation sites (tertiary alicyclic amines) is 2. The van der Waals surface area contributed by atoms with Gasteiger partial charge in [-0.2, -0.15) is 0 Å². The molecular formula is C21H25N3O. The molecule has 1 aromatic carbocycles. The zero-order valence-electron chi connectivity index (χ0n) is 14.6. The first-order valence-electron chi connectivity index (χ1n) is 9.25. The van der Waals surface area contributed by atoms with Crippen LogP contribution in [0.3, 0.4) is 0 Å². The van der Waals surface area contributed by atoms with Crippen molar-refractivity contribution in [2.75, 3.05) is 32.7 Å². The molecule has 1 amide bonds. The largest absolute Gasteiger partial charge is 0.340 e. The topological polar surface area (TPSA) is 36.4 Å². The molecule has 4 rings (SSSR count). The number of carbonyl (C=O) groups excluding carboxylic acids is 1. The predicted octanol–water partition coefficient (Wildman–Crippen LogP) is 2.89. The van der Waals surface area contributed by atoms with E-state index in [0.717, 1.165) is 31.9 Å². The summed E-state index contributed by atoms with van der Waals surface area (Å²) in [4.78, 5) is 21.3. The average molecular weight is 335 g/mol. The standard InChI is InChI=1S/C21H25N3O/c25-21(24-14-19(15-24)20-10-4-5-11-22-20)16-23-12-6-9-18(13-23)17-7-2-1-3-8-17/h1-5,7-8,10-11,18-19H,6,9,12-16H2/t18-/m1/s1. The third kappa shape index (κ3) is 3.74. The number of benzene rings is 1. The molecule has 0 saturated carbocycles. The zero-order chi connectivity index (χ0) is 17.1. The van der Waals surface area contributed by atoms with Crippen molar-refractivity contribution in [1.82, 2.24) is 14.8 Å². The Morgan fingerprint density at radius 3 is 2.56 bits per heavy atom. The van der Waals surface area contributed by atoms with Gasteiger partial charge in [0.15, 0.2) is 0 Å². The van der Waals surface area contributed by atoms with E-state index >= 15 is 0 Å². The summed E-state index contributed by atoms with van der Waals surface area (Å²) < 4.78 is 0. The summed E-state index contributed by atoms with van der Waals surface area (Å²) in [5, 5.41) is 0. The van der Waals surface area contributed by atoms with E-state index in [0.29, 0.717) is 18.4 Å². The van der Waals surface area contributed by atoms with Crippen LogP contribution in [-0.2, 0) is 4.79 Å². The maximum absolute atomic E-state index is 12.6. The molecular weight excluding hydrogens is 310 g/mol. The molecule has 2 aliphatic rings. The van der Waals surface area contributed by atoms with Crippen LogP contribution in [-0.4, -0.2) is 53.4 Å². The Morgan fingerprint density at radius 1 is 1.00 bits per heavy atom. The quantitative estimate of drug-likeness (QED) is 0.862. The van der Waals surface area contributed by atoms with Crippen LogP contribution in [0.5, 0.6) is 0 Å². The molecule has 2 aliphatic heterocycles. The molecule has 0 bridgehead atoms.